The number of ether oxygens (including phenoxy) is 17. The van der Waals surface area contributed by atoms with Crippen molar-refractivity contribution in [3.8, 4) is 0 Å². The number of amides is 8. The summed E-state index contributed by atoms with van der Waals surface area (Å²) in [5, 5.41) is 32.0. The molecule has 0 spiro atoms. The van der Waals surface area contributed by atoms with E-state index in [0.29, 0.717) is 38.9 Å². The lowest BCUT2D eigenvalue weighted by Crippen LogP contribution is -2.62. The number of hydrogen-bond acceptors (Lipinski definition) is 28. The number of esters is 2. The maximum absolute atomic E-state index is 14.1. The molecule has 0 radical (unpaired) electrons. The van der Waals surface area contributed by atoms with Gasteiger partial charge in [0.2, 0.25) is 47.3 Å². The summed E-state index contributed by atoms with van der Waals surface area (Å²) in [6.45, 7) is 23.9. The van der Waals surface area contributed by atoms with Gasteiger partial charge in [0, 0.05) is 66.8 Å². The first-order chi connectivity index (χ1) is 52.8. The van der Waals surface area contributed by atoms with Crippen molar-refractivity contribution in [2.75, 3.05) is 172 Å². The lowest BCUT2D eigenvalue weighted by Gasteiger charge is -2.44. The van der Waals surface area contributed by atoms with Gasteiger partial charge in [-0.2, -0.15) is 0 Å². The molecule has 0 aliphatic carbocycles. The molecule has 0 unspecified atom stereocenters. The number of hydrogen-bond donors (Lipinski definition) is 9. The second kappa shape index (κ2) is 58.9. The molecule has 636 valence electrons. The molecule has 3 aliphatic rings. The molecule has 3 aliphatic heterocycles. The molecule has 36 nitrogen and oxygen atoms in total. The van der Waals surface area contributed by atoms with Crippen LogP contribution in [0.3, 0.4) is 0 Å². The zero-order valence-electron chi connectivity index (χ0n) is 67.0. The van der Waals surface area contributed by atoms with Gasteiger partial charge in [-0.15, -0.1) is 0 Å². The SMILES string of the molecule is CC[C@H]1O[C@@H](OCCOCCOCCOCC(=O)NCCCC[C@H](NC(=O)COCCOCCOCCO[C@@H]2O[C@H](CC)[C@H](C)[C@H](C)[C@H]2NC(C)=O)C(=O)N[C@H](CCCCNC(=O)COCCOCCOCCO[C@@H]2O[C@H](COC(C)=O)[C@H](OC(C)=O)[C@H](C)[C@H]2NC(C)=O)C(=O)NCCCO)[C@H](NC(C)=O)[C@@H](C)[C@H]1C. The highest BCUT2D eigenvalue weighted by Crippen LogP contribution is 2.35. The quantitative estimate of drug-likeness (QED) is 0.0294. The third-order valence-electron chi connectivity index (χ3n) is 18.8. The van der Waals surface area contributed by atoms with Crippen molar-refractivity contribution < 1.29 is 134 Å². The molecule has 0 aromatic rings. The summed E-state index contributed by atoms with van der Waals surface area (Å²) in [6.07, 6.45) is -0.0622. The van der Waals surface area contributed by atoms with Gasteiger partial charge in [0.25, 0.3) is 0 Å². The lowest BCUT2D eigenvalue weighted by molar-refractivity contribution is -0.264. The molecule has 17 atom stereocenters. The average Bonchev–Trinajstić information content (AvgIpc) is 0.794. The Labute approximate surface area is 648 Å². The van der Waals surface area contributed by atoms with Crippen molar-refractivity contribution in [1.82, 2.24) is 42.5 Å². The van der Waals surface area contributed by atoms with E-state index in [1.807, 2.05) is 0 Å². The van der Waals surface area contributed by atoms with Crippen molar-refractivity contribution in [1.29, 1.82) is 0 Å². The van der Waals surface area contributed by atoms with Gasteiger partial charge in [-0.1, -0.05) is 48.5 Å². The Morgan fingerprint density at radius 3 is 1.08 bits per heavy atom. The van der Waals surface area contributed by atoms with Crippen LogP contribution in [0.25, 0.3) is 0 Å². The monoisotopic (exact) mass is 1580 g/mol. The van der Waals surface area contributed by atoms with Gasteiger partial charge in [-0.05, 0) is 81.5 Å². The summed E-state index contributed by atoms with van der Waals surface area (Å²) in [5.41, 5.74) is 0. The lowest BCUT2D eigenvalue weighted by atomic mass is 9.81. The van der Waals surface area contributed by atoms with Gasteiger partial charge in [0.1, 0.15) is 50.7 Å². The van der Waals surface area contributed by atoms with Gasteiger partial charge in [-0.25, -0.2) is 0 Å². The van der Waals surface area contributed by atoms with Crippen molar-refractivity contribution in [2.24, 2.45) is 29.6 Å². The molecule has 110 heavy (non-hydrogen) atoms. The van der Waals surface area contributed by atoms with E-state index in [4.69, 9.17) is 80.5 Å². The predicted octanol–water partition coefficient (Wildman–Crippen LogP) is 0.411. The number of aliphatic hydroxyl groups is 1. The summed E-state index contributed by atoms with van der Waals surface area (Å²) in [4.78, 5) is 126. The minimum Gasteiger partial charge on any atom is -0.463 e. The summed E-state index contributed by atoms with van der Waals surface area (Å²) in [5.74, 6) is -3.97. The standard InChI is InChI=1S/C74H132N8O28/c1-13-60-48(3)50(5)66(78-53(8)84)72(108-60)103-41-38-97-29-26-94-32-36-101-46-64(90)76-23-18-16-21-59(81-65(91)47-102-37-34-96-28-31-98-39-42-104-73-67(79-54(9)85)51(6)49(4)61(14-2)109-73)71(93)82-58(70(92)77-24-19-25-83)20-15-17-22-75-63(89)45-100-35-33-95-27-30-99-40-43-105-74-68(80-55(10)86)52(7)69(107-57(12)88)62(110-74)44-106-56(11)87/h48-52,58-62,66-69,72-74,83H,13-47H2,1-12H3,(H,75,89)(H,76,90)(H,77,92)(H,78,84)(H,79,85)(H,80,86)(H,81,91)(H,82,93)/t48-,49-,50+,51+,52-,58-,59+,60-,61-,62-,66-,67-,68-,69-,72-,73-,74-/m1/s1. The summed E-state index contributed by atoms with van der Waals surface area (Å²) in [6, 6.07) is -3.45. The largest absolute Gasteiger partial charge is 0.463 e. The van der Waals surface area contributed by atoms with Crippen LogP contribution in [0.4, 0.5) is 0 Å². The van der Waals surface area contributed by atoms with Crippen LogP contribution in [-0.4, -0.2) is 309 Å². The Kier molecular flexibility index (Phi) is 52.6. The third-order valence-corrected chi connectivity index (χ3v) is 18.8. The number of carbonyl (C=O) groups is 10. The normalized spacial score (nSPS) is 24.4. The molecule has 0 aromatic carbocycles. The van der Waals surface area contributed by atoms with E-state index in [9.17, 15) is 53.1 Å². The molecule has 0 saturated carbocycles. The molecule has 9 N–H and O–H groups in total. The van der Waals surface area contributed by atoms with Crippen LogP contribution >= 0.6 is 0 Å². The highest BCUT2D eigenvalue weighted by Gasteiger charge is 2.48. The first kappa shape index (κ1) is 98.3. The van der Waals surface area contributed by atoms with Crippen molar-refractivity contribution in [3.63, 3.8) is 0 Å². The number of rotatable bonds is 61. The Balaban J connectivity index is 1.42. The minimum absolute atomic E-state index is 0.00101. The van der Waals surface area contributed by atoms with Gasteiger partial charge in [0.15, 0.2) is 18.9 Å². The zero-order valence-corrected chi connectivity index (χ0v) is 67.0. The molecule has 0 aromatic heterocycles. The fraction of sp³-hybridized carbons (Fsp3) is 0.865. The van der Waals surface area contributed by atoms with Crippen LogP contribution in [0.15, 0.2) is 0 Å². The minimum atomic E-state index is -1.12. The smallest absolute Gasteiger partial charge is 0.303 e. The molecule has 36 heteroatoms. The average molecular weight is 1580 g/mol. The predicted molar refractivity (Wildman–Crippen MR) is 395 cm³/mol. The Morgan fingerprint density at radius 2 is 0.718 bits per heavy atom. The molecular formula is C74H132N8O28. The van der Waals surface area contributed by atoms with E-state index in [0.717, 1.165) is 12.8 Å². The van der Waals surface area contributed by atoms with Crippen LogP contribution in [0.5, 0.6) is 0 Å². The Morgan fingerprint density at radius 1 is 0.373 bits per heavy atom. The number of unbranched alkanes of at least 4 members (excludes halogenated alkanes) is 2. The van der Waals surface area contributed by atoms with Gasteiger partial charge in [-0.3, -0.25) is 47.9 Å². The number of carbonyl (C=O) groups excluding carboxylic acids is 10. The number of nitrogens with one attached hydrogen (secondary N) is 8. The van der Waals surface area contributed by atoms with Crippen LogP contribution in [-0.2, 0) is 128 Å². The van der Waals surface area contributed by atoms with Crippen molar-refractivity contribution in [2.45, 2.75) is 214 Å². The van der Waals surface area contributed by atoms with Gasteiger partial charge >= 0.3 is 11.9 Å². The van der Waals surface area contributed by atoms with Crippen molar-refractivity contribution >= 4 is 59.2 Å². The first-order valence-corrected chi connectivity index (χ1v) is 39.0. The fourth-order valence-electron chi connectivity index (χ4n) is 12.5. The zero-order chi connectivity index (χ0) is 81.0. The van der Waals surface area contributed by atoms with Crippen LogP contribution in [0.2, 0.25) is 0 Å². The molecular weight excluding hydrogens is 1450 g/mol. The second-order valence-electron chi connectivity index (χ2n) is 27.5. The highest BCUT2D eigenvalue weighted by molar-refractivity contribution is 5.92. The molecule has 3 saturated heterocycles. The molecule has 0 bridgehead atoms. The maximum atomic E-state index is 14.1. The number of aliphatic hydroxyl groups excluding tert-OH is 1. The van der Waals surface area contributed by atoms with E-state index < -0.39 is 91.4 Å². The Hall–Kier alpha value is -5.94. The van der Waals surface area contributed by atoms with Crippen LogP contribution in [0, 0.1) is 29.6 Å². The topological polar surface area (TPSA) is 444 Å². The highest BCUT2D eigenvalue weighted by atomic mass is 16.7. The third kappa shape index (κ3) is 41.7. The van der Waals surface area contributed by atoms with E-state index in [1.165, 1.54) is 34.6 Å². The molecule has 3 heterocycles. The first-order valence-electron chi connectivity index (χ1n) is 39.0. The van der Waals surface area contributed by atoms with Crippen LogP contribution in [0.1, 0.15) is 141 Å². The van der Waals surface area contributed by atoms with E-state index in [2.05, 4.69) is 84.1 Å². The molecule has 3 rings (SSSR count). The summed E-state index contributed by atoms with van der Waals surface area (Å²) >= 11 is 0. The fourth-order valence-corrected chi connectivity index (χ4v) is 12.5. The van der Waals surface area contributed by atoms with Crippen molar-refractivity contribution in [3.05, 3.63) is 0 Å². The summed E-state index contributed by atoms with van der Waals surface area (Å²) < 4.78 is 97.2. The Bertz CT molecular complexity index is 2620. The van der Waals surface area contributed by atoms with Crippen LogP contribution < -0.4 is 42.5 Å². The molecule has 3 fully saturated rings. The van der Waals surface area contributed by atoms with E-state index >= 15 is 0 Å². The summed E-state index contributed by atoms with van der Waals surface area (Å²) in [7, 11) is 0. The van der Waals surface area contributed by atoms with E-state index in [1.54, 1.807) is 6.92 Å². The van der Waals surface area contributed by atoms with Gasteiger partial charge < -0.3 is 128 Å². The molecule has 8 amide bonds. The maximum Gasteiger partial charge on any atom is 0.303 e. The second-order valence-corrected chi connectivity index (χ2v) is 27.5. The van der Waals surface area contributed by atoms with E-state index in [-0.39, 0.29) is 249 Å². The van der Waals surface area contributed by atoms with Gasteiger partial charge in [0.05, 0.1) is 149 Å².